The maximum absolute atomic E-state index is 11.1. The number of carbonyl (C=O) groups excluding carboxylic acids is 1. The molecule has 5 nitrogen and oxygen atoms in total. The summed E-state index contributed by atoms with van der Waals surface area (Å²) in [5, 5.41) is 4.17. The average molecular weight is 255 g/mol. The van der Waals surface area contributed by atoms with Gasteiger partial charge in [0.2, 0.25) is 0 Å². The number of primary amides is 1. The van der Waals surface area contributed by atoms with Crippen molar-refractivity contribution in [2.45, 2.75) is 19.4 Å². The molecule has 2 atom stereocenters. The highest BCUT2D eigenvalue weighted by atomic mass is 32.1. The number of rotatable bonds is 4. The van der Waals surface area contributed by atoms with E-state index in [1.54, 1.807) is 6.07 Å². The number of anilines is 2. The maximum Gasteiger partial charge on any atom is 0.260 e. The van der Waals surface area contributed by atoms with E-state index in [2.05, 4.69) is 12.2 Å². The lowest BCUT2D eigenvalue weighted by Gasteiger charge is -2.14. The van der Waals surface area contributed by atoms with Crippen LogP contribution in [0, 0.1) is 5.92 Å². The van der Waals surface area contributed by atoms with E-state index in [1.807, 2.05) is 0 Å². The minimum atomic E-state index is -0.474. The average Bonchev–Trinajstić information content (AvgIpc) is 2.82. The van der Waals surface area contributed by atoms with E-state index in [0.29, 0.717) is 16.5 Å². The number of nitrogen functional groups attached to an aromatic ring is 1. The molecule has 17 heavy (non-hydrogen) atoms. The van der Waals surface area contributed by atoms with Crippen LogP contribution in [0.5, 0.6) is 0 Å². The van der Waals surface area contributed by atoms with Gasteiger partial charge in [-0.3, -0.25) is 4.79 Å². The summed E-state index contributed by atoms with van der Waals surface area (Å²) < 4.78 is 5.49. The summed E-state index contributed by atoms with van der Waals surface area (Å²) in [5.41, 5.74) is 11.4. The third kappa shape index (κ3) is 2.70. The number of amides is 1. The van der Waals surface area contributed by atoms with Crippen molar-refractivity contribution in [3.8, 4) is 0 Å². The van der Waals surface area contributed by atoms with Gasteiger partial charge < -0.3 is 21.5 Å². The van der Waals surface area contributed by atoms with Crippen LogP contribution in [0.25, 0.3) is 0 Å². The Morgan fingerprint density at radius 1 is 1.71 bits per heavy atom. The smallest absolute Gasteiger partial charge is 0.260 e. The van der Waals surface area contributed by atoms with Gasteiger partial charge in [-0.1, -0.05) is 0 Å². The molecule has 0 aromatic carbocycles. The van der Waals surface area contributed by atoms with Gasteiger partial charge in [0.1, 0.15) is 4.88 Å². The van der Waals surface area contributed by atoms with Gasteiger partial charge in [0.15, 0.2) is 0 Å². The van der Waals surface area contributed by atoms with Crippen molar-refractivity contribution in [1.82, 2.24) is 0 Å². The molecule has 5 N–H and O–H groups in total. The minimum absolute atomic E-state index is 0.287. The monoisotopic (exact) mass is 255 g/mol. The van der Waals surface area contributed by atoms with Crippen LogP contribution in [0.1, 0.15) is 23.0 Å². The van der Waals surface area contributed by atoms with E-state index in [0.717, 1.165) is 24.6 Å². The van der Waals surface area contributed by atoms with Crippen molar-refractivity contribution in [2.75, 3.05) is 24.2 Å². The van der Waals surface area contributed by atoms with Crippen molar-refractivity contribution in [3.63, 3.8) is 0 Å². The van der Waals surface area contributed by atoms with Crippen LogP contribution < -0.4 is 16.8 Å². The van der Waals surface area contributed by atoms with E-state index in [1.165, 1.54) is 11.3 Å². The molecule has 1 aliphatic rings. The topological polar surface area (TPSA) is 90.4 Å². The molecule has 2 rings (SSSR count). The van der Waals surface area contributed by atoms with Gasteiger partial charge in [-0.25, -0.2) is 0 Å². The molecule has 0 radical (unpaired) electrons. The molecule has 0 bridgehead atoms. The predicted molar refractivity (Wildman–Crippen MR) is 69.3 cm³/mol. The molecular weight excluding hydrogens is 238 g/mol. The molecular formula is C11H17N3O2S. The largest absolute Gasteiger partial charge is 0.397 e. The number of carbonyl (C=O) groups is 1. The zero-order valence-corrected chi connectivity index (χ0v) is 10.5. The van der Waals surface area contributed by atoms with Crippen molar-refractivity contribution >= 4 is 27.9 Å². The highest BCUT2D eigenvalue weighted by molar-refractivity contribution is 7.18. The molecule has 2 heterocycles. The summed E-state index contributed by atoms with van der Waals surface area (Å²) in [5.74, 6) is 0.0356. The Morgan fingerprint density at radius 3 is 3.00 bits per heavy atom. The molecule has 0 aliphatic carbocycles. The fraction of sp³-hybridized carbons (Fsp3) is 0.545. The number of hydrogen-bond acceptors (Lipinski definition) is 5. The lowest BCUT2D eigenvalue weighted by molar-refractivity contribution is 0.100. The summed E-state index contributed by atoms with van der Waals surface area (Å²) in [4.78, 5) is 11.5. The van der Waals surface area contributed by atoms with E-state index in [4.69, 9.17) is 16.2 Å². The van der Waals surface area contributed by atoms with Gasteiger partial charge in [0, 0.05) is 19.1 Å². The van der Waals surface area contributed by atoms with Crippen molar-refractivity contribution in [3.05, 3.63) is 10.9 Å². The van der Waals surface area contributed by atoms with Crippen LogP contribution in [-0.4, -0.2) is 25.2 Å². The van der Waals surface area contributed by atoms with Gasteiger partial charge in [-0.2, -0.15) is 0 Å². The predicted octanol–water partition coefficient (Wildman–Crippen LogP) is 1.27. The second-order valence-electron chi connectivity index (χ2n) is 4.26. The first-order chi connectivity index (χ1) is 8.08. The molecule has 0 saturated carbocycles. The summed E-state index contributed by atoms with van der Waals surface area (Å²) in [6, 6.07) is 1.76. The lowest BCUT2D eigenvalue weighted by atomic mass is 10.0. The van der Waals surface area contributed by atoms with Gasteiger partial charge in [0.05, 0.1) is 16.8 Å². The molecule has 1 saturated heterocycles. The number of nitrogens with one attached hydrogen (secondary N) is 1. The Balaban J connectivity index is 1.95. The zero-order chi connectivity index (χ0) is 12.4. The quantitative estimate of drug-likeness (QED) is 0.755. The Morgan fingerprint density at radius 2 is 2.47 bits per heavy atom. The highest BCUT2D eigenvalue weighted by Crippen LogP contribution is 2.29. The standard InChI is InChI=1S/C11H17N3O2S/c1-6-7(2-3-16-6)5-14-9-4-8(12)10(17-9)11(13)15/h4,6-7,14H,2-3,5,12H2,1H3,(H2,13,15). The van der Waals surface area contributed by atoms with Gasteiger partial charge in [0.25, 0.3) is 5.91 Å². The zero-order valence-electron chi connectivity index (χ0n) is 9.73. The lowest BCUT2D eigenvalue weighted by Crippen LogP contribution is -2.20. The van der Waals surface area contributed by atoms with E-state index >= 15 is 0 Å². The Labute approximate surface area is 104 Å². The van der Waals surface area contributed by atoms with Crippen LogP contribution >= 0.6 is 11.3 Å². The van der Waals surface area contributed by atoms with Crippen molar-refractivity contribution in [1.29, 1.82) is 0 Å². The molecule has 0 spiro atoms. The summed E-state index contributed by atoms with van der Waals surface area (Å²) >= 11 is 1.30. The first-order valence-electron chi connectivity index (χ1n) is 5.62. The second-order valence-corrected chi connectivity index (χ2v) is 5.32. The third-order valence-corrected chi connectivity index (χ3v) is 4.18. The number of ether oxygens (including phenoxy) is 1. The summed E-state index contributed by atoms with van der Waals surface area (Å²) in [6.07, 6.45) is 1.35. The number of hydrogen-bond donors (Lipinski definition) is 3. The van der Waals surface area contributed by atoms with Gasteiger partial charge in [-0.05, 0) is 19.4 Å². The Hall–Kier alpha value is -1.27. The first-order valence-corrected chi connectivity index (χ1v) is 6.44. The van der Waals surface area contributed by atoms with Crippen LogP contribution in [0.3, 0.4) is 0 Å². The Bertz CT molecular complexity index is 419. The third-order valence-electron chi connectivity index (χ3n) is 3.06. The molecule has 1 aromatic rings. The highest BCUT2D eigenvalue weighted by Gasteiger charge is 2.24. The molecule has 94 valence electrons. The van der Waals surface area contributed by atoms with Crippen LogP contribution in [-0.2, 0) is 4.74 Å². The summed E-state index contributed by atoms with van der Waals surface area (Å²) in [7, 11) is 0. The van der Waals surface area contributed by atoms with Crippen LogP contribution in [0.2, 0.25) is 0 Å². The van der Waals surface area contributed by atoms with Gasteiger partial charge in [-0.15, -0.1) is 11.3 Å². The van der Waals surface area contributed by atoms with E-state index in [-0.39, 0.29) is 6.10 Å². The molecule has 1 aromatic heterocycles. The second kappa shape index (κ2) is 4.93. The van der Waals surface area contributed by atoms with E-state index in [9.17, 15) is 4.79 Å². The fourth-order valence-corrected chi connectivity index (χ4v) is 2.80. The maximum atomic E-state index is 11.1. The minimum Gasteiger partial charge on any atom is -0.397 e. The normalized spacial score (nSPS) is 23.8. The molecule has 1 aliphatic heterocycles. The first kappa shape index (κ1) is 12.2. The van der Waals surface area contributed by atoms with Crippen LogP contribution in [0.15, 0.2) is 6.07 Å². The molecule has 2 unspecified atom stereocenters. The SMILES string of the molecule is CC1OCCC1CNc1cc(N)c(C(N)=O)s1. The van der Waals surface area contributed by atoms with E-state index < -0.39 is 5.91 Å². The number of thiophene rings is 1. The number of nitrogens with two attached hydrogens (primary N) is 2. The fourth-order valence-electron chi connectivity index (χ4n) is 1.96. The van der Waals surface area contributed by atoms with Crippen molar-refractivity contribution in [2.24, 2.45) is 11.7 Å². The molecule has 6 heteroatoms. The van der Waals surface area contributed by atoms with Crippen molar-refractivity contribution < 1.29 is 9.53 Å². The summed E-state index contributed by atoms with van der Waals surface area (Å²) in [6.45, 7) is 3.74. The molecule has 1 fully saturated rings. The van der Waals surface area contributed by atoms with Gasteiger partial charge >= 0.3 is 0 Å². The molecule has 1 amide bonds. The Kier molecular flexibility index (Phi) is 3.54. The van der Waals surface area contributed by atoms with Crippen LogP contribution in [0.4, 0.5) is 10.7 Å².